The summed E-state index contributed by atoms with van der Waals surface area (Å²) in [5, 5.41) is 136. The van der Waals surface area contributed by atoms with Gasteiger partial charge < -0.3 is 100 Å². The Bertz CT molecular complexity index is 1900. The second kappa shape index (κ2) is 47.1. The van der Waals surface area contributed by atoms with Gasteiger partial charge in [-0.2, -0.15) is 0 Å². The fourth-order valence-electron chi connectivity index (χ4n) is 11.9. The molecule has 0 aromatic carbocycles. The molecule has 89 heavy (non-hydrogen) atoms. The van der Waals surface area contributed by atoms with Crippen molar-refractivity contribution in [3.63, 3.8) is 0 Å². The molecule has 0 bridgehead atoms. The van der Waals surface area contributed by atoms with Crippen molar-refractivity contribution < 1.29 is 104 Å². The summed E-state index contributed by atoms with van der Waals surface area (Å²) in [6, 6.07) is -2.62. The molecule has 0 saturated carbocycles. The summed E-state index contributed by atoms with van der Waals surface area (Å²) in [6.45, 7) is 2.12. The van der Waals surface area contributed by atoms with Crippen LogP contribution in [0.1, 0.15) is 239 Å². The molecule has 0 aromatic rings. The third-order valence-corrected chi connectivity index (χ3v) is 17.4. The number of nitrogens with one attached hydrogen (secondary N) is 2. The first kappa shape index (κ1) is 80.4. The lowest BCUT2D eigenvalue weighted by atomic mass is 9.88. The minimum atomic E-state index is -3.08. The van der Waals surface area contributed by atoms with Crippen molar-refractivity contribution in [3.8, 4) is 0 Å². The summed E-state index contributed by atoms with van der Waals surface area (Å²) in [7, 11) is 0. The molecule has 3 heterocycles. The standard InChI is InChI=1S/C66H120N2O21/c1-4-6-8-10-12-14-16-18-19-20-21-22-23-24-25-26-28-30-32-34-36-38-40-53(76)68-47(48(73)39-37-35-33-31-29-27-17-15-13-11-9-7-5-2)45-84-63-58(80)57(79)60(52(44-71)86-63)87-64-59(81)62(56(78)51(43-70)85-64)89-66(65(82)83)41-49(74)54(67-46(3)72)61(88-66)55(77)50(75)42-69/h23-24,37,39,47-52,54-64,69-71,73-75,77-81H,4-22,25-36,38,40-45H2,1-3H3,(H,67,72)(H,68,76)(H,82,83)/b24-23-,39-37+. The first-order valence-corrected chi connectivity index (χ1v) is 34.2. The van der Waals surface area contributed by atoms with Crippen LogP contribution in [0.4, 0.5) is 0 Å². The van der Waals surface area contributed by atoms with E-state index in [-0.39, 0.29) is 12.3 Å². The van der Waals surface area contributed by atoms with E-state index < -0.39 is 155 Å². The average Bonchev–Trinajstić information content (AvgIpc) is 2.63. The molecule has 14 N–H and O–H groups in total. The fourth-order valence-corrected chi connectivity index (χ4v) is 11.9. The minimum Gasteiger partial charge on any atom is -0.477 e. The molecule has 18 unspecified atom stereocenters. The number of aliphatic carboxylic acids is 1. The topological polar surface area (TPSA) is 373 Å². The Morgan fingerprint density at radius 2 is 1.06 bits per heavy atom. The number of rotatable bonds is 51. The van der Waals surface area contributed by atoms with Gasteiger partial charge in [0, 0.05) is 19.8 Å². The number of carbonyl (C=O) groups excluding carboxylic acids is 2. The van der Waals surface area contributed by atoms with Gasteiger partial charge in [-0.3, -0.25) is 9.59 Å². The molecule has 3 aliphatic heterocycles. The number of carboxylic acids is 1. The van der Waals surface area contributed by atoms with Crippen LogP contribution in [0.5, 0.6) is 0 Å². The van der Waals surface area contributed by atoms with Crippen molar-refractivity contribution in [2.24, 2.45) is 0 Å². The molecule has 2 amide bonds. The number of aliphatic hydroxyl groups excluding tert-OH is 11. The first-order chi connectivity index (χ1) is 42.9. The number of carbonyl (C=O) groups is 3. The monoisotopic (exact) mass is 1280 g/mol. The van der Waals surface area contributed by atoms with E-state index in [1.54, 1.807) is 6.08 Å². The Hall–Kier alpha value is -2.79. The number of hydrogen-bond acceptors (Lipinski definition) is 20. The lowest BCUT2D eigenvalue weighted by Crippen LogP contribution is -2.70. The maximum atomic E-state index is 13.4. The van der Waals surface area contributed by atoms with Crippen LogP contribution in [-0.2, 0) is 42.8 Å². The van der Waals surface area contributed by atoms with E-state index in [0.29, 0.717) is 12.8 Å². The molecule has 18 atom stereocenters. The van der Waals surface area contributed by atoms with Crippen LogP contribution in [0.3, 0.4) is 0 Å². The molecule has 3 saturated heterocycles. The highest BCUT2D eigenvalue weighted by Gasteiger charge is 2.60. The van der Waals surface area contributed by atoms with Crippen LogP contribution in [-0.4, -0.2) is 215 Å². The number of amides is 2. The fraction of sp³-hybridized carbons (Fsp3) is 0.894. The number of carboxylic acid groups (broad SMARTS) is 1. The predicted octanol–water partition coefficient (Wildman–Crippen LogP) is 5.67. The van der Waals surface area contributed by atoms with E-state index in [9.17, 15) is 75.7 Å². The first-order valence-electron chi connectivity index (χ1n) is 34.2. The molecule has 23 heteroatoms. The van der Waals surface area contributed by atoms with Crippen LogP contribution < -0.4 is 10.6 Å². The summed E-state index contributed by atoms with van der Waals surface area (Å²) >= 11 is 0. The highest BCUT2D eigenvalue weighted by Crippen LogP contribution is 2.39. The van der Waals surface area contributed by atoms with Crippen molar-refractivity contribution in [2.45, 2.75) is 349 Å². The lowest BCUT2D eigenvalue weighted by molar-refractivity contribution is -0.386. The maximum absolute atomic E-state index is 13.4. The molecule has 3 rings (SSSR count). The largest absolute Gasteiger partial charge is 0.477 e. The van der Waals surface area contributed by atoms with E-state index in [1.807, 2.05) is 6.08 Å². The van der Waals surface area contributed by atoms with Gasteiger partial charge in [0.2, 0.25) is 11.8 Å². The van der Waals surface area contributed by atoms with Gasteiger partial charge in [0.05, 0.1) is 50.7 Å². The molecular formula is C66H120N2O21. The number of allylic oxidation sites excluding steroid dienone is 3. The number of ether oxygens (including phenoxy) is 6. The number of unbranched alkanes of at least 4 members (excludes halogenated alkanes) is 29. The second-order valence-electron chi connectivity index (χ2n) is 25.0. The number of aliphatic hydroxyl groups is 11. The van der Waals surface area contributed by atoms with Crippen LogP contribution in [0.15, 0.2) is 24.3 Å². The van der Waals surface area contributed by atoms with Crippen LogP contribution >= 0.6 is 0 Å². The van der Waals surface area contributed by atoms with Crippen molar-refractivity contribution in [1.29, 1.82) is 0 Å². The van der Waals surface area contributed by atoms with Crippen molar-refractivity contribution in [1.82, 2.24) is 10.6 Å². The molecular weight excluding hydrogens is 1160 g/mol. The zero-order valence-corrected chi connectivity index (χ0v) is 54.0. The molecule has 0 aliphatic carbocycles. The highest BCUT2D eigenvalue weighted by molar-refractivity contribution is 5.77. The smallest absolute Gasteiger partial charge is 0.364 e. The zero-order valence-electron chi connectivity index (χ0n) is 54.0. The van der Waals surface area contributed by atoms with E-state index in [0.717, 1.165) is 77.6 Å². The van der Waals surface area contributed by atoms with Gasteiger partial charge in [-0.1, -0.05) is 199 Å². The molecule has 0 aromatic heterocycles. The van der Waals surface area contributed by atoms with E-state index in [1.165, 1.54) is 122 Å². The van der Waals surface area contributed by atoms with Crippen molar-refractivity contribution in [2.75, 3.05) is 26.4 Å². The Morgan fingerprint density at radius 3 is 1.53 bits per heavy atom. The summed E-state index contributed by atoms with van der Waals surface area (Å²) in [4.78, 5) is 38.5. The molecule has 3 aliphatic rings. The Labute approximate surface area is 530 Å². The Morgan fingerprint density at radius 1 is 0.584 bits per heavy atom. The average molecular weight is 1280 g/mol. The molecule has 23 nitrogen and oxygen atoms in total. The van der Waals surface area contributed by atoms with Crippen molar-refractivity contribution >= 4 is 17.8 Å². The van der Waals surface area contributed by atoms with Gasteiger partial charge in [0.15, 0.2) is 12.6 Å². The summed E-state index contributed by atoms with van der Waals surface area (Å²) in [5.41, 5.74) is 0. The highest BCUT2D eigenvalue weighted by atomic mass is 16.8. The molecule has 3 fully saturated rings. The predicted molar refractivity (Wildman–Crippen MR) is 334 cm³/mol. The summed E-state index contributed by atoms with van der Waals surface area (Å²) in [6.07, 6.45) is 16.6. The van der Waals surface area contributed by atoms with Crippen LogP contribution in [0.2, 0.25) is 0 Å². The van der Waals surface area contributed by atoms with Gasteiger partial charge >= 0.3 is 5.97 Å². The maximum Gasteiger partial charge on any atom is 0.364 e. The number of hydrogen-bond donors (Lipinski definition) is 14. The normalized spacial score (nSPS) is 28.9. The van der Waals surface area contributed by atoms with Gasteiger partial charge in [0.1, 0.15) is 67.1 Å². The minimum absolute atomic E-state index is 0.196. The summed E-state index contributed by atoms with van der Waals surface area (Å²) < 4.78 is 34.7. The third-order valence-electron chi connectivity index (χ3n) is 17.4. The van der Waals surface area contributed by atoms with Gasteiger partial charge in [-0.25, -0.2) is 4.79 Å². The second-order valence-corrected chi connectivity index (χ2v) is 25.0. The molecule has 520 valence electrons. The Balaban J connectivity index is 1.59. The third kappa shape index (κ3) is 30.0. The molecule has 0 radical (unpaired) electrons. The molecule has 0 spiro atoms. The van der Waals surface area contributed by atoms with Gasteiger partial charge in [0.25, 0.3) is 5.79 Å². The zero-order chi connectivity index (χ0) is 65.4. The lowest BCUT2D eigenvalue weighted by Gasteiger charge is -2.50. The van der Waals surface area contributed by atoms with E-state index in [2.05, 4.69) is 36.6 Å². The summed E-state index contributed by atoms with van der Waals surface area (Å²) in [5.74, 6) is -6.15. The van der Waals surface area contributed by atoms with E-state index >= 15 is 0 Å². The van der Waals surface area contributed by atoms with Crippen molar-refractivity contribution in [3.05, 3.63) is 24.3 Å². The quantitative estimate of drug-likeness (QED) is 0.0257. The van der Waals surface area contributed by atoms with Gasteiger partial charge in [-0.15, -0.1) is 0 Å². The van der Waals surface area contributed by atoms with Crippen LogP contribution in [0, 0.1) is 0 Å². The van der Waals surface area contributed by atoms with Crippen LogP contribution in [0.25, 0.3) is 0 Å². The Kier molecular flexibility index (Phi) is 42.6. The SMILES string of the molecule is CCCCCCCCCCCCC/C=C\CCCCCCCCCC(=O)NC(COC1OC(CO)C(OC2OC(CO)C(O)C(OC3(C(=O)O)CC(O)C(NC(C)=O)C(C(O)C(O)CO)O3)C2O)C(O)C1O)C(O)/C=C/CCCCCCCCCCCCC. The van der Waals surface area contributed by atoms with Gasteiger partial charge in [-0.05, 0) is 44.9 Å². The van der Waals surface area contributed by atoms with E-state index in [4.69, 9.17) is 28.4 Å².